The number of aromatic amines is 1. The zero-order valence-corrected chi connectivity index (χ0v) is 51.9. The summed E-state index contributed by atoms with van der Waals surface area (Å²) in [6.07, 6.45) is 13.5. The number of halogens is 1. The number of piperidine rings is 2. The van der Waals surface area contributed by atoms with Crippen molar-refractivity contribution in [3.63, 3.8) is 0 Å². The number of likely N-dealkylation sites (tertiary alicyclic amines) is 1. The fourth-order valence-corrected chi connectivity index (χ4v) is 14.8. The molecule has 20 nitrogen and oxygen atoms in total. The Morgan fingerprint density at radius 3 is 2.41 bits per heavy atom. The third-order valence-corrected chi connectivity index (χ3v) is 20.4. The maximum atomic E-state index is 14.2. The Balaban J connectivity index is 0.648. The van der Waals surface area contributed by atoms with E-state index in [2.05, 4.69) is 66.0 Å². The number of fused-ring (bicyclic) bond motifs is 2. The molecule has 6 heterocycles. The van der Waals surface area contributed by atoms with Gasteiger partial charge in [0.15, 0.2) is 0 Å². The molecule has 4 N–H and O–H groups in total. The van der Waals surface area contributed by atoms with E-state index in [1.54, 1.807) is 42.6 Å². The van der Waals surface area contributed by atoms with Crippen LogP contribution in [0.15, 0.2) is 119 Å². The Kier molecular flexibility index (Phi) is 19.0. The summed E-state index contributed by atoms with van der Waals surface area (Å²) in [5.74, 6) is -1.54. The number of hydrogen-bond acceptors (Lipinski definition) is 16. The van der Waals surface area contributed by atoms with Crippen molar-refractivity contribution in [2.24, 2.45) is 11.3 Å². The van der Waals surface area contributed by atoms with Crippen LogP contribution in [0.2, 0.25) is 5.02 Å². The molecule has 5 amide bonds. The summed E-state index contributed by atoms with van der Waals surface area (Å²) in [5.41, 5.74) is 6.04. The number of nitro benzene ring substituents is 1. The Labute approximate surface area is 521 Å². The number of anilines is 2. The van der Waals surface area contributed by atoms with Crippen LogP contribution in [0, 0.1) is 21.4 Å². The first-order chi connectivity index (χ1) is 42.4. The number of piperazine rings is 1. The molecule has 1 unspecified atom stereocenters. The quantitative estimate of drug-likeness (QED) is 0.0153. The summed E-state index contributed by atoms with van der Waals surface area (Å²) in [7, 11) is -4.62. The van der Waals surface area contributed by atoms with Gasteiger partial charge in [-0.1, -0.05) is 68.5 Å². The number of hydrogen-bond donors (Lipinski definition) is 4. The lowest BCUT2D eigenvalue weighted by Crippen LogP contribution is -2.54. The topological polar surface area (TPSA) is 250 Å². The zero-order valence-electron chi connectivity index (χ0n) is 49.5. The molecule has 3 fully saturated rings. The summed E-state index contributed by atoms with van der Waals surface area (Å²) in [4.78, 5) is 92.8. The molecule has 88 heavy (non-hydrogen) atoms. The first kappa shape index (κ1) is 62.0. The standard InChI is InChI=1S/C65H73ClN10O10S2/c1-65(2)25-21-45(52(38-65)43-11-13-46(66)14-12-43)41-73-30-32-74(33-31-73)47-15-17-50(56(36-47)86-48-35-44-22-26-67-60(44)69-40-48)61(78)71-88(84,85)49-16-18-53(55(37-49)76(82)83)68-39-42-23-28-72(29-24-42)27-6-4-3-5-7-34-87-57-10-8-9-51-59(57)64(81)75(63(51)80)54-19-20-58(77)70-62(54)79/h8-18,22,26,35-37,40,42,54,68H,3-7,19-21,23-25,27-34,38-39,41H2,1-2H3,(H,67,69)(H,71,78)(H,70,77,79). The van der Waals surface area contributed by atoms with Gasteiger partial charge < -0.3 is 24.8 Å². The third kappa shape index (κ3) is 14.4. The zero-order chi connectivity index (χ0) is 61.7. The summed E-state index contributed by atoms with van der Waals surface area (Å²) in [5, 5.41) is 19.4. The van der Waals surface area contributed by atoms with Crippen LogP contribution in [-0.2, 0) is 19.6 Å². The third-order valence-electron chi connectivity index (χ3n) is 17.6. The van der Waals surface area contributed by atoms with Crippen molar-refractivity contribution in [3.05, 3.63) is 146 Å². The van der Waals surface area contributed by atoms with Crippen LogP contribution in [0.4, 0.5) is 17.1 Å². The Morgan fingerprint density at radius 2 is 1.64 bits per heavy atom. The minimum atomic E-state index is -4.62. The van der Waals surface area contributed by atoms with E-state index in [4.69, 9.17) is 16.3 Å². The highest BCUT2D eigenvalue weighted by Crippen LogP contribution is 2.44. The predicted molar refractivity (Wildman–Crippen MR) is 340 cm³/mol. The van der Waals surface area contributed by atoms with Crippen molar-refractivity contribution < 1.29 is 42.1 Å². The molecule has 6 aromatic rings. The fourth-order valence-electron chi connectivity index (χ4n) is 12.6. The summed E-state index contributed by atoms with van der Waals surface area (Å²) in [6.45, 7) is 11.8. The lowest BCUT2D eigenvalue weighted by atomic mass is 9.72. The van der Waals surface area contributed by atoms with E-state index in [1.807, 2.05) is 24.3 Å². The number of sulfonamides is 1. The smallest absolute Gasteiger partial charge is 0.293 e. The van der Waals surface area contributed by atoms with Crippen LogP contribution < -0.4 is 25.0 Å². The molecule has 2 aromatic heterocycles. The van der Waals surface area contributed by atoms with Gasteiger partial charge in [-0.05, 0) is 160 Å². The van der Waals surface area contributed by atoms with Crippen molar-refractivity contribution in [2.75, 3.05) is 74.9 Å². The molecule has 1 atom stereocenters. The Morgan fingerprint density at radius 1 is 0.864 bits per heavy atom. The molecule has 0 spiro atoms. The van der Waals surface area contributed by atoms with Gasteiger partial charge >= 0.3 is 0 Å². The number of benzene rings is 4. The van der Waals surface area contributed by atoms with E-state index in [1.165, 1.54) is 46.8 Å². The molecule has 462 valence electrons. The number of nitrogens with one attached hydrogen (secondary N) is 4. The normalized spacial score (nSPS) is 18.6. The number of unbranched alkanes of at least 4 members (excludes halogenated alkanes) is 4. The minimum Gasteiger partial charge on any atom is -0.455 e. The number of nitrogens with zero attached hydrogens (tertiary/aromatic N) is 6. The molecule has 3 saturated heterocycles. The van der Waals surface area contributed by atoms with Gasteiger partial charge in [-0.25, -0.2) is 18.1 Å². The number of allylic oxidation sites excluding steroid dienone is 1. The first-order valence-corrected chi connectivity index (χ1v) is 33.2. The van der Waals surface area contributed by atoms with Crippen LogP contribution in [0.5, 0.6) is 11.5 Å². The Bertz CT molecular complexity index is 3800. The van der Waals surface area contributed by atoms with Crippen molar-refractivity contribution in [1.29, 1.82) is 0 Å². The molecule has 4 aliphatic heterocycles. The number of thioether (sulfide) groups is 1. The minimum absolute atomic E-state index is 0.0541. The van der Waals surface area contributed by atoms with Crippen LogP contribution in [0.1, 0.15) is 128 Å². The number of H-pyrrole nitrogens is 1. The van der Waals surface area contributed by atoms with Gasteiger partial charge in [0.05, 0.1) is 32.7 Å². The van der Waals surface area contributed by atoms with E-state index in [9.17, 15) is 42.5 Å². The molecule has 4 aromatic carbocycles. The Hall–Kier alpha value is -7.63. The number of imide groups is 2. The second-order valence-corrected chi connectivity index (χ2v) is 27.6. The summed E-state index contributed by atoms with van der Waals surface area (Å²) in [6, 6.07) is 24.6. The van der Waals surface area contributed by atoms with Gasteiger partial charge in [0.2, 0.25) is 11.8 Å². The SMILES string of the molecule is CC1(C)CCC(CN2CCN(c3ccc(C(=O)NS(=O)(=O)c4ccc(NCC5CCN(CCCCCCCSc6cccc7c6C(=O)N(C6CCC(=O)NC6=O)C7=O)CC5)c([N+](=O)[O-])c4)c(Oc4cnc5[nH]ccc5c4)c3)CC2)=C(c2ccc(Cl)cc2)C1. The number of amides is 5. The highest BCUT2D eigenvalue weighted by atomic mass is 35.5. The molecular formula is C65H73ClN10O10S2. The number of ether oxygens (including phenoxy) is 1. The molecule has 11 rings (SSSR count). The predicted octanol–water partition coefficient (Wildman–Crippen LogP) is 11.1. The van der Waals surface area contributed by atoms with Gasteiger partial charge in [-0.2, -0.15) is 0 Å². The summed E-state index contributed by atoms with van der Waals surface area (Å²) < 4.78 is 36.5. The highest BCUT2D eigenvalue weighted by molar-refractivity contribution is 7.99. The van der Waals surface area contributed by atoms with Gasteiger partial charge in [-0.3, -0.25) is 49.2 Å². The maximum Gasteiger partial charge on any atom is 0.293 e. The molecule has 0 bridgehead atoms. The van der Waals surface area contributed by atoms with Crippen LogP contribution in [0.25, 0.3) is 16.6 Å². The molecular weight excluding hydrogens is 1180 g/mol. The van der Waals surface area contributed by atoms with E-state index in [0.29, 0.717) is 41.5 Å². The maximum absolute atomic E-state index is 14.2. The van der Waals surface area contributed by atoms with Crippen molar-refractivity contribution >= 4 is 96.6 Å². The van der Waals surface area contributed by atoms with Gasteiger partial charge in [0, 0.05) is 85.0 Å². The molecule has 23 heteroatoms. The van der Waals surface area contributed by atoms with Gasteiger partial charge in [0.1, 0.15) is 28.9 Å². The van der Waals surface area contributed by atoms with Gasteiger partial charge in [0.25, 0.3) is 33.4 Å². The fraction of sp³-hybridized carbons (Fsp3) is 0.415. The van der Waals surface area contributed by atoms with E-state index >= 15 is 0 Å². The summed E-state index contributed by atoms with van der Waals surface area (Å²) >= 11 is 7.81. The van der Waals surface area contributed by atoms with Gasteiger partial charge in [-0.15, -0.1) is 11.8 Å². The van der Waals surface area contributed by atoms with Crippen LogP contribution in [-0.4, -0.2) is 138 Å². The average molecular weight is 1250 g/mol. The average Bonchev–Trinajstić information content (AvgIpc) is 1.70. The molecule has 0 saturated carbocycles. The van der Waals surface area contributed by atoms with Crippen molar-refractivity contribution in [2.45, 2.75) is 107 Å². The van der Waals surface area contributed by atoms with Crippen molar-refractivity contribution in [1.82, 2.24) is 34.7 Å². The number of carbonyl (C=O) groups is 5. The van der Waals surface area contributed by atoms with E-state index in [0.717, 1.165) is 136 Å². The number of pyridine rings is 1. The first-order valence-electron chi connectivity index (χ1n) is 30.3. The molecule has 1 aliphatic carbocycles. The number of rotatable bonds is 23. The number of carbonyl (C=O) groups excluding carboxylic acids is 5. The second-order valence-electron chi connectivity index (χ2n) is 24.3. The molecule has 5 aliphatic rings. The van der Waals surface area contributed by atoms with E-state index < -0.39 is 61.1 Å². The van der Waals surface area contributed by atoms with E-state index in [-0.39, 0.29) is 46.7 Å². The lowest BCUT2D eigenvalue weighted by Gasteiger charge is -2.39. The largest absolute Gasteiger partial charge is 0.455 e. The highest BCUT2D eigenvalue weighted by Gasteiger charge is 2.46. The molecule has 0 radical (unpaired) electrons. The number of aromatic nitrogens is 2. The van der Waals surface area contributed by atoms with Crippen molar-refractivity contribution in [3.8, 4) is 11.5 Å². The van der Waals surface area contributed by atoms with Crippen LogP contribution >= 0.6 is 23.4 Å². The van der Waals surface area contributed by atoms with Crippen LogP contribution in [0.3, 0.4) is 0 Å². The second kappa shape index (κ2) is 27.0. The monoisotopic (exact) mass is 1250 g/mol. The number of nitro groups is 1. The lowest BCUT2D eigenvalue weighted by molar-refractivity contribution is -0.384.